The monoisotopic (exact) mass is 357 g/mol. The van der Waals surface area contributed by atoms with E-state index < -0.39 is 12.6 Å². The molecule has 2 aromatic rings. The van der Waals surface area contributed by atoms with Gasteiger partial charge in [0.15, 0.2) is 6.61 Å². The smallest absolute Gasteiger partial charge is 0.341 e. The molecule has 136 valence electrons. The van der Waals surface area contributed by atoms with Gasteiger partial charge >= 0.3 is 5.97 Å². The van der Waals surface area contributed by atoms with Crippen LogP contribution in [0.3, 0.4) is 0 Å². The lowest BCUT2D eigenvalue weighted by Gasteiger charge is -2.32. The van der Waals surface area contributed by atoms with Gasteiger partial charge in [0.05, 0.1) is 6.04 Å². The van der Waals surface area contributed by atoms with E-state index in [1.807, 2.05) is 13.0 Å². The lowest BCUT2D eigenvalue weighted by Crippen LogP contribution is -2.35. The van der Waals surface area contributed by atoms with Gasteiger partial charge in [0.2, 0.25) is 0 Å². The molecule has 2 atom stereocenters. The lowest BCUT2D eigenvalue weighted by molar-refractivity contribution is -0.139. The maximum Gasteiger partial charge on any atom is 0.341 e. The molecule has 3 rings (SSSR count). The fourth-order valence-electron chi connectivity index (χ4n) is 3.29. The molecule has 0 bridgehead atoms. The Morgan fingerprint density at radius 3 is 2.81 bits per heavy atom. The van der Waals surface area contributed by atoms with Crippen molar-refractivity contribution in [1.29, 1.82) is 0 Å². The second-order valence-electron chi connectivity index (χ2n) is 6.48. The number of amides is 1. The molecule has 0 heterocycles. The zero-order valence-corrected chi connectivity index (χ0v) is 14.4. The summed E-state index contributed by atoms with van der Waals surface area (Å²) in [6.07, 6.45) is 1.45. The van der Waals surface area contributed by atoms with Gasteiger partial charge in [-0.15, -0.1) is 0 Å². The Morgan fingerprint density at radius 2 is 2.04 bits per heavy atom. The average Bonchev–Trinajstić information content (AvgIpc) is 2.62. The topological polar surface area (TPSA) is 75.6 Å². The van der Waals surface area contributed by atoms with Crippen molar-refractivity contribution in [2.75, 3.05) is 6.61 Å². The maximum atomic E-state index is 14.1. The second kappa shape index (κ2) is 7.56. The van der Waals surface area contributed by atoms with Crippen LogP contribution in [0.15, 0.2) is 42.5 Å². The van der Waals surface area contributed by atoms with Crippen LogP contribution in [0.2, 0.25) is 0 Å². The van der Waals surface area contributed by atoms with E-state index in [1.54, 1.807) is 24.3 Å². The molecule has 0 radical (unpaired) electrons. The number of rotatable bonds is 5. The summed E-state index contributed by atoms with van der Waals surface area (Å²) in [6, 6.07) is 11.0. The van der Waals surface area contributed by atoms with Crippen LogP contribution in [0, 0.1) is 11.7 Å². The summed E-state index contributed by atoms with van der Waals surface area (Å²) < 4.78 is 19.2. The van der Waals surface area contributed by atoms with Gasteiger partial charge in [-0.05, 0) is 54.2 Å². The first kappa shape index (κ1) is 17.9. The molecule has 5 nitrogen and oxygen atoms in total. The van der Waals surface area contributed by atoms with E-state index in [0.29, 0.717) is 23.3 Å². The van der Waals surface area contributed by atoms with Crippen molar-refractivity contribution < 1.29 is 23.8 Å². The largest absolute Gasteiger partial charge is 0.482 e. The highest BCUT2D eigenvalue weighted by Gasteiger charge is 2.29. The summed E-state index contributed by atoms with van der Waals surface area (Å²) in [7, 11) is 0. The number of hydrogen-bond donors (Lipinski definition) is 2. The number of carbonyl (C=O) groups excluding carboxylic acids is 1. The number of carboxylic acids is 1. The standard InChI is InChI=1S/C20H20FNO4/c1-12-8-9-15-16(6-3-7-17(15)21)19(12)22-20(25)13-4-2-5-14(10-13)26-11-18(23)24/h2-7,10,12,19H,8-9,11H2,1H3,(H,22,25)(H,23,24). The number of ether oxygens (including phenoxy) is 1. The molecule has 26 heavy (non-hydrogen) atoms. The molecule has 1 amide bonds. The first-order valence-corrected chi connectivity index (χ1v) is 8.48. The lowest BCUT2D eigenvalue weighted by atomic mass is 9.80. The molecule has 0 aliphatic heterocycles. The molecule has 0 saturated heterocycles. The van der Waals surface area contributed by atoms with E-state index in [-0.39, 0.29) is 23.7 Å². The van der Waals surface area contributed by atoms with E-state index in [0.717, 1.165) is 12.0 Å². The van der Waals surface area contributed by atoms with Crippen LogP contribution in [0.1, 0.15) is 40.9 Å². The van der Waals surface area contributed by atoms with Crippen molar-refractivity contribution in [3.8, 4) is 5.75 Å². The maximum absolute atomic E-state index is 14.1. The van der Waals surface area contributed by atoms with Crippen LogP contribution in [-0.2, 0) is 11.2 Å². The highest BCUT2D eigenvalue weighted by atomic mass is 19.1. The van der Waals surface area contributed by atoms with Gasteiger partial charge in [-0.25, -0.2) is 9.18 Å². The molecule has 0 fully saturated rings. The fraction of sp³-hybridized carbons (Fsp3) is 0.300. The number of carboxylic acid groups (broad SMARTS) is 1. The zero-order valence-electron chi connectivity index (χ0n) is 14.4. The number of aliphatic carboxylic acids is 1. The first-order valence-electron chi connectivity index (χ1n) is 8.48. The molecule has 0 aromatic heterocycles. The third-order valence-electron chi connectivity index (χ3n) is 4.65. The van der Waals surface area contributed by atoms with Gasteiger partial charge < -0.3 is 15.2 Å². The Balaban J connectivity index is 1.79. The molecule has 2 N–H and O–H groups in total. The number of hydrogen-bond acceptors (Lipinski definition) is 3. The number of nitrogens with one attached hydrogen (secondary N) is 1. The van der Waals surface area contributed by atoms with Gasteiger partial charge in [-0.1, -0.05) is 25.1 Å². The molecule has 6 heteroatoms. The first-order chi connectivity index (χ1) is 12.5. The SMILES string of the molecule is CC1CCc2c(F)cccc2C1NC(=O)c1cccc(OCC(=O)O)c1. The van der Waals surface area contributed by atoms with Gasteiger partial charge in [0, 0.05) is 5.56 Å². The summed E-state index contributed by atoms with van der Waals surface area (Å²) in [5.41, 5.74) is 1.84. The molecule has 2 unspecified atom stereocenters. The minimum Gasteiger partial charge on any atom is -0.482 e. The predicted molar refractivity (Wildman–Crippen MR) is 93.7 cm³/mol. The third-order valence-corrected chi connectivity index (χ3v) is 4.65. The normalized spacial score (nSPS) is 18.7. The summed E-state index contributed by atoms with van der Waals surface area (Å²) in [5, 5.41) is 11.7. The molecule has 1 aliphatic carbocycles. The van der Waals surface area contributed by atoms with E-state index in [2.05, 4.69) is 5.32 Å². The van der Waals surface area contributed by atoms with E-state index in [4.69, 9.17) is 9.84 Å². The van der Waals surface area contributed by atoms with E-state index >= 15 is 0 Å². The average molecular weight is 357 g/mol. The Labute approximate surface area is 150 Å². The zero-order chi connectivity index (χ0) is 18.7. The molecule has 0 saturated carbocycles. The Hall–Kier alpha value is -2.89. The fourth-order valence-corrected chi connectivity index (χ4v) is 3.29. The van der Waals surface area contributed by atoms with Crippen LogP contribution in [0.5, 0.6) is 5.75 Å². The number of fused-ring (bicyclic) bond motifs is 1. The van der Waals surface area contributed by atoms with Crippen LogP contribution >= 0.6 is 0 Å². The molecule has 1 aliphatic rings. The summed E-state index contributed by atoms with van der Waals surface area (Å²) in [5.74, 6) is -1.14. The van der Waals surface area contributed by atoms with Crippen molar-refractivity contribution in [2.24, 2.45) is 5.92 Å². The van der Waals surface area contributed by atoms with Crippen LogP contribution in [0.4, 0.5) is 4.39 Å². The second-order valence-corrected chi connectivity index (χ2v) is 6.48. The van der Waals surface area contributed by atoms with E-state index in [9.17, 15) is 14.0 Å². The van der Waals surface area contributed by atoms with Gasteiger partial charge in [-0.3, -0.25) is 4.79 Å². The number of halogens is 1. The van der Waals surface area contributed by atoms with Crippen molar-refractivity contribution >= 4 is 11.9 Å². The van der Waals surface area contributed by atoms with Gasteiger partial charge in [0.25, 0.3) is 5.91 Å². The Morgan fingerprint density at radius 1 is 1.27 bits per heavy atom. The Kier molecular flexibility index (Phi) is 5.21. The van der Waals surface area contributed by atoms with Gasteiger partial charge in [-0.2, -0.15) is 0 Å². The van der Waals surface area contributed by atoms with Crippen molar-refractivity contribution in [3.63, 3.8) is 0 Å². The molecular weight excluding hydrogens is 337 g/mol. The summed E-state index contributed by atoms with van der Waals surface area (Å²) in [6.45, 7) is 1.56. The number of carbonyl (C=O) groups is 2. The van der Waals surface area contributed by atoms with Gasteiger partial charge in [0.1, 0.15) is 11.6 Å². The van der Waals surface area contributed by atoms with Crippen LogP contribution in [-0.4, -0.2) is 23.6 Å². The van der Waals surface area contributed by atoms with Crippen molar-refractivity contribution in [2.45, 2.75) is 25.8 Å². The minimum absolute atomic E-state index is 0.180. The van der Waals surface area contributed by atoms with Crippen molar-refractivity contribution in [3.05, 3.63) is 65.0 Å². The van der Waals surface area contributed by atoms with Crippen molar-refractivity contribution in [1.82, 2.24) is 5.32 Å². The summed E-state index contributed by atoms with van der Waals surface area (Å²) in [4.78, 5) is 23.3. The molecule has 2 aromatic carbocycles. The minimum atomic E-state index is -1.09. The van der Waals surface area contributed by atoms with Crippen LogP contribution < -0.4 is 10.1 Å². The van der Waals surface area contributed by atoms with Crippen LogP contribution in [0.25, 0.3) is 0 Å². The summed E-state index contributed by atoms with van der Waals surface area (Å²) >= 11 is 0. The highest BCUT2D eigenvalue weighted by Crippen LogP contribution is 2.35. The molecular formula is C20H20FNO4. The molecule has 0 spiro atoms. The quantitative estimate of drug-likeness (QED) is 0.861. The van der Waals surface area contributed by atoms with E-state index in [1.165, 1.54) is 12.1 Å². The third kappa shape index (κ3) is 3.85. The predicted octanol–water partition coefficient (Wildman–Crippen LogP) is 3.34. The number of benzene rings is 2. The highest BCUT2D eigenvalue weighted by molar-refractivity contribution is 5.95. The Bertz CT molecular complexity index is 836.